The number of rotatable bonds is 2. The summed E-state index contributed by atoms with van der Waals surface area (Å²) in [5, 5.41) is 14.0. The van der Waals surface area contributed by atoms with Crippen molar-refractivity contribution in [1.29, 1.82) is 0 Å². The lowest BCUT2D eigenvalue weighted by atomic mass is 10.1. The van der Waals surface area contributed by atoms with Crippen molar-refractivity contribution >= 4 is 23.2 Å². The van der Waals surface area contributed by atoms with Crippen LogP contribution in [0.15, 0.2) is 22.7 Å². The molecule has 0 unspecified atom stereocenters. The average molecular weight is 258 g/mol. The van der Waals surface area contributed by atoms with E-state index >= 15 is 0 Å². The van der Waals surface area contributed by atoms with Crippen molar-refractivity contribution in [2.24, 2.45) is 0 Å². The molecule has 0 aliphatic carbocycles. The van der Waals surface area contributed by atoms with E-state index in [2.05, 4.69) is 5.16 Å². The molecule has 2 rings (SSSR count). The van der Waals surface area contributed by atoms with E-state index in [4.69, 9.17) is 27.7 Å². The third-order valence-electron chi connectivity index (χ3n) is 2.34. The Morgan fingerprint density at radius 2 is 2.06 bits per heavy atom. The summed E-state index contributed by atoms with van der Waals surface area (Å²) in [5.74, 6) is 0.601. The molecule has 0 saturated carbocycles. The van der Waals surface area contributed by atoms with Crippen molar-refractivity contribution in [2.45, 2.75) is 13.5 Å². The summed E-state index contributed by atoms with van der Waals surface area (Å²) in [4.78, 5) is 0. The van der Waals surface area contributed by atoms with E-state index in [-0.39, 0.29) is 6.61 Å². The highest BCUT2D eigenvalue weighted by molar-refractivity contribution is 6.42. The van der Waals surface area contributed by atoms with Gasteiger partial charge < -0.3 is 9.63 Å². The highest BCUT2D eigenvalue weighted by atomic mass is 35.5. The highest BCUT2D eigenvalue weighted by Gasteiger charge is 2.14. The lowest BCUT2D eigenvalue weighted by molar-refractivity contribution is 0.278. The van der Waals surface area contributed by atoms with Gasteiger partial charge in [-0.25, -0.2) is 0 Å². The molecule has 1 heterocycles. The number of aromatic nitrogens is 1. The summed E-state index contributed by atoms with van der Waals surface area (Å²) >= 11 is 11.7. The molecular formula is C11H9Cl2NO2. The predicted octanol–water partition coefficient (Wildman–Crippen LogP) is 3.45. The van der Waals surface area contributed by atoms with E-state index in [9.17, 15) is 5.11 Å². The summed E-state index contributed by atoms with van der Waals surface area (Å²) in [6.45, 7) is 1.63. The van der Waals surface area contributed by atoms with E-state index < -0.39 is 0 Å². The lowest BCUT2D eigenvalue weighted by Gasteiger charge is -2.01. The van der Waals surface area contributed by atoms with Gasteiger partial charge in [0, 0.05) is 11.1 Å². The number of aliphatic hydroxyl groups is 1. The van der Waals surface area contributed by atoms with Crippen molar-refractivity contribution in [1.82, 2.24) is 5.16 Å². The summed E-state index contributed by atoms with van der Waals surface area (Å²) in [5.41, 5.74) is 2.03. The van der Waals surface area contributed by atoms with Crippen molar-refractivity contribution in [3.8, 4) is 11.3 Å². The van der Waals surface area contributed by atoms with E-state index in [1.807, 2.05) is 0 Å². The molecule has 1 aromatic carbocycles. The fourth-order valence-electron chi connectivity index (χ4n) is 1.45. The molecule has 3 nitrogen and oxygen atoms in total. The SMILES string of the molecule is Cc1onc(-c2ccc(Cl)c(Cl)c2)c1CO. The molecule has 0 fully saturated rings. The van der Waals surface area contributed by atoms with Crippen LogP contribution < -0.4 is 0 Å². The second-order valence-corrected chi connectivity index (χ2v) is 4.17. The molecule has 84 valence electrons. The van der Waals surface area contributed by atoms with Crippen LogP contribution >= 0.6 is 23.2 Å². The van der Waals surface area contributed by atoms with Crippen molar-refractivity contribution in [2.75, 3.05) is 0 Å². The van der Waals surface area contributed by atoms with Gasteiger partial charge in [-0.05, 0) is 19.1 Å². The van der Waals surface area contributed by atoms with Crippen LogP contribution in [0, 0.1) is 6.92 Å². The Morgan fingerprint density at radius 1 is 1.31 bits per heavy atom. The molecule has 1 aromatic heterocycles. The molecule has 0 spiro atoms. The monoisotopic (exact) mass is 257 g/mol. The van der Waals surface area contributed by atoms with Crippen LogP contribution in [0.2, 0.25) is 10.0 Å². The average Bonchev–Trinajstić information content (AvgIpc) is 2.63. The van der Waals surface area contributed by atoms with Gasteiger partial charge in [0.25, 0.3) is 0 Å². The minimum atomic E-state index is -0.120. The van der Waals surface area contributed by atoms with Gasteiger partial charge in [-0.15, -0.1) is 0 Å². The maximum Gasteiger partial charge on any atom is 0.139 e. The molecule has 16 heavy (non-hydrogen) atoms. The molecule has 0 aliphatic rings. The van der Waals surface area contributed by atoms with Crippen molar-refractivity contribution in [3.63, 3.8) is 0 Å². The first kappa shape index (κ1) is 11.5. The van der Waals surface area contributed by atoms with Gasteiger partial charge in [-0.2, -0.15) is 0 Å². The van der Waals surface area contributed by atoms with Crippen molar-refractivity contribution < 1.29 is 9.63 Å². The molecule has 2 aromatic rings. The van der Waals surface area contributed by atoms with E-state index in [1.165, 1.54) is 0 Å². The number of nitrogens with zero attached hydrogens (tertiary/aromatic N) is 1. The summed E-state index contributed by atoms with van der Waals surface area (Å²) in [6.07, 6.45) is 0. The Hall–Kier alpha value is -1.03. The first-order valence-electron chi connectivity index (χ1n) is 4.65. The van der Waals surface area contributed by atoms with Gasteiger partial charge >= 0.3 is 0 Å². The largest absolute Gasteiger partial charge is 0.391 e. The number of hydrogen-bond acceptors (Lipinski definition) is 3. The normalized spacial score (nSPS) is 10.8. The molecule has 0 amide bonds. The van der Waals surface area contributed by atoms with Gasteiger partial charge in [-0.3, -0.25) is 0 Å². The zero-order chi connectivity index (χ0) is 11.7. The molecule has 0 saturated heterocycles. The Morgan fingerprint density at radius 3 is 2.69 bits per heavy atom. The number of hydrogen-bond donors (Lipinski definition) is 1. The minimum Gasteiger partial charge on any atom is -0.391 e. The topological polar surface area (TPSA) is 46.3 Å². The van der Waals surface area contributed by atoms with E-state index in [0.717, 1.165) is 5.56 Å². The summed E-state index contributed by atoms with van der Waals surface area (Å²) in [6, 6.07) is 5.16. The maximum atomic E-state index is 9.21. The molecule has 5 heteroatoms. The second kappa shape index (κ2) is 4.45. The Balaban J connectivity index is 2.54. The first-order valence-corrected chi connectivity index (χ1v) is 5.40. The molecule has 0 atom stereocenters. The van der Waals surface area contributed by atoms with Crippen LogP contribution in [0.4, 0.5) is 0 Å². The zero-order valence-corrected chi connectivity index (χ0v) is 10.0. The zero-order valence-electron chi connectivity index (χ0n) is 8.50. The van der Waals surface area contributed by atoms with Gasteiger partial charge in [0.05, 0.1) is 16.7 Å². The quantitative estimate of drug-likeness (QED) is 0.897. The van der Waals surface area contributed by atoms with Crippen LogP contribution in [-0.4, -0.2) is 10.3 Å². The van der Waals surface area contributed by atoms with Gasteiger partial charge in [-0.1, -0.05) is 34.4 Å². The molecule has 0 radical (unpaired) electrons. The van der Waals surface area contributed by atoms with Crippen LogP contribution in [0.25, 0.3) is 11.3 Å². The van der Waals surface area contributed by atoms with Gasteiger partial charge in [0.2, 0.25) is 0 Å². The fraction of sp³-hybridized carbons (Fsp3) is 0.182. The smallest absolute Gasteiger partial charge is 0.139 e. The number of aryl methyl sites for hydroxylation is 1. The summed E-state index contributed by atoms with van der Waals surface area (Å²) < 4.78 is 5.02. The van der Waals surface area contributed by atoms with Crippen molar-refractivity contribution in [3.05, 3.63) is 39.6 Å². The van der Waals surface area contributed by atoms with Crippen LogP contribution in [0.3, 0.4) is 0 Å². The fourth-order valence-corrected chi connectivity index (χ4v) is 1.75. The van der Waals surface area contributed by atoms with E-state index in [0.29, 0.717) is 27.1 Å². The standard InChI is InChI=1S/C11H9Cl2NO2/c1-6-8(5-15)11(14-16-6)7-2-3-9(12)10(13)4-7/h2-4,15H,5H2,1H3. The van der Waals surface area contributed by atoms with E-state index in [1.54, 1.807) is 25.1 Å². The third kappa shape index (κ3) is 1.94. The molecule has 0 aliphatic heterocycles. The molecule has 0 bridgehead atoms. The molecular weight excluding hydrogens is 249 g/mol. The Labute approximate surface area is 103 Å². The third-order valence-corrected chi connectivity index (χ3v) is 3.07. The van der Waals surface area contributed by atoms with Gasteiger partial charge in [0.1, 0.15) is 11.5 Å². The van der Waals surface area contributed by atoms with Crippen LogP contribution in [0.1, 0.15) is 11.3 Å². The molecule has 1 N–H and O–H groups in total. The number of halogens is 2. The lowest BCUT2D eigenvalue weighted by Crippen LogP contribution is -1.88. The number of benzene rings is 1. The second-order valence-electron chi connectivity index (χ2n) is 3.35. The Kier molecular flexibility index (Phi) is 3.19. The Bertz CT molecular complexity index is 523. The first-order chi connectivity index (χ1) is 7.63. The van der Waals surface area contributed by atoms with Crippen LogP contribution in [0.5, 0.6) is 0 Å². The highest BCUT2D eigenvalue weighted by Crippen LogP contribution is 2.30. The number of aliphatic hydroxyl groups excluding tert-OH is 1. The van der Waals surface area contributed by atoms with Gasteiger partial charge in [0.15, 0.2) is 0 Å². The minimum absolute atomic E-state index is 0.120. The maximum absolute atomic E-state index is 9.21. The van der Waals surface area contributed by atoms with Crippen LogP contribution in [-0.2, 0) is 6.61 Å². The summed E-state index contributed by atoms with van der Waals surface area (Å²) in [7, 11) is 0. The predicted molar refractivity (Wildman–Crippen MR) is 62.6 cm³/mol.